The van der Waals surface area contributed by atoms with Gasteiger partial charge < -0.3 is 53.7 Å². The molecule has 644 valence electrons. The van der Waals surface area contributed by atoms with E-state index in [0.717, 1.165) is 117 Å². The van der Waals surface area contributed by atoms with Gasteiger partial charge in [0, 0.05) is 19.3 Å². The van der Waals surface area contributed by atoms with Crippen LogP contribution in [0.4, 0.5) is 0 Å². The van der Waals surface area contributed by atoms with Crippen LogP contribution in [-0.4, -0.2) is 96.0 Å². The van der Waals surface area contributed by atoms with Crippen LogP contribution in [0.3, 0.4) is 0 Å². The SMILES string of the molecule is CCCCCCCCCCCOc1ccc(CCOC(=O)C[C@H](NCC[C@H](N)C(=O)OCCc2ccc(OCCCCCCCCCCC)c(OCCCCCCCCCCC)c2)C(=O)OCCc2ccc(OCCCCCCCCCCC)c(OCCCCCCCCCCC)c2)cc1OCCCCCCCCCCC. The summed E-state index contributed by atoms with van der Waals surface area (Å²) >= 11 is 0. The first kappa shape index (κ1) is 101. The standard InChI is InChI=1S/C98H170N2O12/c1-7-13-19-25-31-37-43-49-55-72-104-90-64-61-85(81-93(90)107-75-58-52-46-40-34-28-22-16-10-4)68-78-110-96(101)84-89(98(103)112-80-70-87-63-66-92(106-74-57-51-45-39-33-27-21-15-9-3)95(83-87)109-77-60-54-48-42-36-30-24-18-12-6)100-71-67-88(99)97(102)111-79-69-86-62-65-91(105-73-56-50-44-38-32-26-20-14-8-2)94(82-86)108-76-59-53-47-41-35-29-23-17-11-5/h61-66,81-83,88-89,100H,7-60,67-80,84,99H2,1-6H3/t88-,89-/m0/s1. The fourth-order valence-corrected chi connectivity index (χ4v) is 14.4. The van der Waals surface area contributed by atoms with E-state index in [0.29, 0.717) is 70.4 Å². The van der Waals surface area contributed by atoms with Crippen LogP contribution in [0.15, 0.2) is 54.6 Å². The Kier molecular flexibility index (Phi) is 67.3. The zero-order valence-electron chi connectivity index (χ0n) is 73.1. The Balaban J connectivity index is 1.73. The lowest BCUT2D eigenvalue weighted by Gasteiger charge is -2.19. The highest BCUT2D eigenvalue weighted by atomic mass is 16.6. The Bertz CT molecular complexity index is 2650. The second-order valence-corrected chi connectivity index (χ2v) is 32.3. The minimum absolute atomic E-state index is 0.0682. The summed E-state index contributed by atoms with van der Waals surface area (Å²) in [7, 11) is 0. The number of nitrogens with one attached hydrogen (secondary N) is 1. The molecule has 0 unspecified atom stereocenters. The normalized spacial score (nSPS) is 11.9. The first-order valence-corrected chi connectivity index (χ1v) is 47.3. The highest BCUT2D eigenvalue weighted by molar-refractivity contribution is 5.82. The van der Waals surface area contributed by atoms with Crippen molar-refractivity contribution in [1.82, 2.24) is 5.32 Å². The molecular weight excluding hydrogens is 1400 g/mol. The minimum Gasteiger partial charge on any atom is -0.490 e. The van der Waals surface area contributed by atoms with Gasteiger partial charge in [0.05, 0.1) is 65.9 Å². The quantitative estimate of drug-likeness (QED) is 0.0311. The van der Waals surface area contributed by atoms with Crippen molar-refractivity contribution >= 4 is 17.9 Å². The lowest BCUT2D eigenvalue weighted by Crippen LogP contribution is -2.43. The molecule has 0 bridgehead atoms. The van der Waals surface area contributed by atoms with Gasteiger partial charge in [-0.3, -0.25) is 14.4 Å². The molecule has 2 atom stereocenters. The molecule has 0 spiro atoms. The predicted molar refractivity (Wildman–Crippen MR) is 469 cm³/mol. The Morgan fingerprint density at radius 1 is 0.277 bits per heavy atom. The number of unbranched alkanes of at least 4 members (excludes halogenated alkanes) is 48. The zero-order chi connectivity index (χ0) is 80.3. The number of ether oxygens (including phenoxy) is 9. The molecule has 0 saturated heterocycles. The third-order valence-electron chi connectivity index (χ3n) is 21.8. The maximum atomic E-state index is 14.2. The number of rotatable bonds is 83. The number of esters is 3. The molecule has 3 aromatic rings. The summed E-state index contributed by atoms with van der Waals surface area (Å²) in [5.41, 5.74) is 9.40. The molecule has 0 heterocycles. The van der Waals surface area contributed by atoms with Crippen LogP contribution in [0, 0.1) is 0 Å². The topological polar surface area (TPSA) is 172 Å². The molecular formula is C98H170N2O12. The number of nitrogens with two attached hydrogens (primary N) is 1. The van der Waals surface area contributed by atoms with E-state index >= 15 is 0 Å². The second kappa shape index (κ2) is 74.6. The summed E-state index contributed by atoms with van der Waals surface area (Å²) in [5.74, 6) is 2.68. The van der Waals surface area contributed by atoms with Gasteiger partial charge in [0.2, 0.25) is 0 Å². The minimum atomic E-state index is -1.07. The van der Waals surface area contributed by atoms with Gasteiger partial charge in [-0.05, 0) is 105 Å². The van der Waals surface area contributed by atoms with E-state index in [2.05, 4.69) is 46.9 Å². The van der Waals surface area contributed by atoms with E-state index in [1.54, 1.807) is 0 Å². The molecule has 3 rings (SSSR count). The molecule has 3 aromatic carbocycles. The summed E-state index contributed by atoms with van der Waals surface area (Å²) in [6, 6.07) is 16.0. The average Bonchev–Trinajstić information content (AvgIpc) is 0.871. The first-order chi connectivity index (χ1) is 55.1. The maximum Gasteiger partial charge on any atom is 0.323 e. The molecule has 0 aliphatic rings. The number of carbonyl (C=O) groups is 3. The van der Waals surface area contributed by atoms with E-state index in [1.807, 2.05) is 54.6 Å². The second-order valence-electron chi connectivity index (χ2n) is 32.3. The van der Waals surface area contributed by atoms with Crippen molar-refractivity contribution in [2.45, 2.75) is 432 Å². The molecule has 0 amide bonds. The largest absolute Gasteiger partial charge is 0.490 e. The number of hydrogen-bond donors (Lipinski definition) is 2. The number of hydrogen-bond acceptors (Lipinski definition) is 14. The lowest BCUT2D eigenvalue weighted by molar-refractivity contribution is -0.152. The molecule has 0 radical (unpaired) electrons. The summed E-state index contributed by atoms with van der Waals surface area (Å²) in [6.07, 6.45) is 68.2. The fraction of sp³-hybridized carbons (Fsp3) is 0.786. The van der Waals surface area contributed by atoms with Crippen LogP contribution < -0.4 is 39.5 Å². The zero-order valence-corrected chi connectivity index (χ0v) is 73.1. The van der Waals surface area contributed by atoms with Crippen molar-refractivity contribution in [2.75, 3.05) is 66.0 Å². The Morgan fingerprint density at radius 2 is 0.500 bits per heavy atom. The third-order valence-corrected chi connectivity index (χ3v) is 21.8. The van der Waals surface area contributed by atoms with Crippen molar-refractivity contribution in [3.8, 4) is 34.5 Å². The molecule has 112 heavy (non-hydrogen) atoms. The number of carbonyl (C=O) groups excluding carboxylic acids is 3. The van der Waals surface area contributed by atoms with E-state index in [4.69, 9.17) is 48.4 Å². The van der Waals surface area contributed by atoms with E-state index in [9.17, 15) is 14.4 Å². The highest BCUT2D eigenvalue weighted by Crippen LogP contribution is 2.33. The van der Waals surface area contributed by atoms with Crippen LogP contribution in [0.5, 0.6) is 34.5 Å². The molecule has 0 aromatic heterocycles. The van der Waals surface area contributed by atoms with Crippen molar-refractivity contribution in [2.24, 2.45) is 5.73 Å². The molecule has 3 N–H and O–H groups in total. The Labute approximate surface area is 686 Å². The van der Waals surface area contributed by atoms with Gasteiger partial charge >= 0.3 is 17.9 Å². The van der Waals surface area contributed by atoms with Crippen molar-refractivity contribution in [1.29, 1.82) is 0 Å². The van der Waals surface area contributed by atoms with Gasteiger partial charge in [-0.1, -0.05) is 368 Å². The van der Waals surface area contributed by atoms with Gasteiger partial charge in [0.25, 0.3) is 0 Å². The van der Waals surface area contributed by atoms with Gasteiger partial charge in [-0.15, -0.1) is 0 Å². The Hall–Kier alpha value is -5.21. The predicted octanol–water partition coefficient (Wildman–Crippen LogP) is 26.9. The summed E-state index contributed by atoms with van der Waals surface area (Å²) in [5, 5.41) is 3.22. The summed E-state index contributed by atoms with van der Waals surface area (Å²) in [4.78, 5) is 41.7. The van der Waals surface area contributed by atoms with Gasteiger partial charge in [-0.25, -0.2) is 0 Å². The molecule has 14 nitrogen and oxygen atoms in total. The molecule has 14 heteroatoms. The Morgan fingerprint density at radius 3 is 0.759 bits per heavy atom. The van der Waals surface area contributed by atoms with Gasteiger partial charge in [-0.2, -0.15) is 0 Å². The summed E-state index contributed by atoms with van der Waals surface area (Å²) in [6.45, 7) is 17.7. The van der Waals surface area contributed by atoms with Crippen LogP contribution in [0.25, 0.3) is 0 Å². The van der Waals surface area contributed by atoms with Gasteiger partial charge in [0.1, 0.15) is 12.1 Å². The molecule has 0 fully saturated rings. The van der Waals surface area contributed by atoms with Gasteiger partial charge in [0.15, 0.2) is 34.5 Å². The highest BCUT2D eigenvalue weighted by Gasteiger charge is 2.26. The molecule has 0 saturated carbocycles. The van der Waals surface area contributed by atoms with Crippen LogP contribution in [0.1, 0.15) is 418 Å². The summed E-state index contributed by atoms with van der Waals surface area (Å²) < 4.78 is 56.2. The van der Waals surface area contributed by atoms with Crippen molar-refractivity contribution < 1.29 is 57.0 Å². The molecule has 0 aliphatic carbocycles. The monoisotopic (exact) mass is 1570 g/mol. The number of benzene rings is 3. The fourth-order valence-electron chi connectivity index (χ4n) is 14.4. The average molecular weight is 1570 g/mol. The van der Waals surface area contributed by atoms with E-state index in [1.165, 1.54) is 270 Å². The van der Waals surface area contributed by atoms with E-state index in [-0.39, 0.29) is 39.2 Å². The van der Waals surface area contributed by atoms with Crippen LogP contribution >= 0.6 is 0 Å². The first-order valence-electron chi connectivity index (χ1n) is 47.3. The van der Waals surface area contributed by atoms with Crippen molar-refractivity contribution in [3.05, 3.63) is 71.3 Å². The maximum absolute atomic E-state index is 14.2. The third kappa shape index (κ3) is 56.1. The van der Waals surface area contributed by atoms with Crippen LogP contribution in [-0.2, 0) is 47.9 Å². The van der Waals surface area contributed by atoms with Crippen LogP contribution in [0.2, 0.25) is 0 Å². The lowest BCUT2D eigenvalue weighted by atomic mass is 10.1. The molecule has 0 aliphatic heterocycles. The van der Waals surface area contributed by atoms with E-state index < -0.39 is 30.0 Å². The van der Waals surface area contributed by atoms with Crippen molar-refractivity contribution in [3.63, 3.8) is 0 Å². The smallest absolute Gasteiger partial charge is 0.323 e.